The molecule has 2 aromatic carbocycles. The average molecular weight is 393 g/mol. The fourth-order valence-electron chi connectivity index (χ4n) is 2.76. The molecule has 0 aliphatic rings. The summed E-state index contributed by atoms with van der Waals surface area (Å²) in [4.78, 5) is 11.8. The lowest BCUT2D eigenvalue weighted by Gasteiger charge is -2.15. The molecule has 26 heavy (non-hydrogen) atoms. The van der Waals surface area contributed by atoms with Crippen LogP contribution in [0.2, 0.25) is 0 Å². The molecule has 0 saturated carbocycles. The molecule has 0 spiro atoms. The average Bonchev–Trinajstić information content (AvgIpc) is 2.68. The summed E-state index contributed by atoms with van der Waals surface area (Å²) in [6.45, 7) is 2.72. The minimum Gasteiger partial charge on any atom is -0.463 e. The van der Waals surface area contributed by atoms with Gasteiger partial charge in [0.05, 0.1) is 12.7 Å². The minimum absolute atomic E-state index is 0.138. The quantitative estimate of drug-likeness (QED) is 0.420. The van der Waals surface area contributed by atoms with E-state index in [9.17, 15) is 4.79 Å². The topological polar surface area (TPSA) is 35.5 Å². The van der Waals surface area contributed by atoms with Crippen LogP contribution in [-0.4, -0.2) is 30.2 Å². The first-order valence-electron chi connectivity index (χ1n) is 9.09. The number of thiol groups is 2. The Morgan fingerprint density at radius 3 is 2.58 bits per heavy atom. The van der Waals surface area contributed by atoms with Crippen molar-refractivity contribution in [2.75, 3.05) is 18.1 Å². The number of rotatable bonds is 11. The van der Waals surface area contributed by atoms with Crippen LogP contribution < -0.4 is 0 Å². The summed E-state index contributed by atoms with van der Waals surface area (Å²) in [6.07, 6.45) is 2.07. The second kappa shape index (κ2) is 11.5. The molecule has 1 atom stereocenters. The molecule has 3 nitrogen and oxygen atoms in total. The van der Waals surface area contributed by atoms with Crippen molar-refractivity contribution in [2.45, 2.75) is 38.9 Å². The van der Waals surface area contributed by atoms with E-state index in [1.165, 1.54) is 10.8 Å². The largest absolute Gasteiger partial charge is 0.463 e. The highest BCUT2D eigenvalue weighted by molar-refractivity contribution is 7.81. The minimum atomic E-state index is -0.164. The van der Waals surface area contributed by atoms with Gasteiger partial charge in [0.2, 0.25) is 0 Å². The summed E-state index contributed by atoms with van der Waals surface area (Å²) in [5.41, 5.74) is 1.14. The van der Waals surface area contributed by atoms with E-state index < -0.39 is 0 Å². The Morgan fingerprint density at radius 2 is 1.81 bits per heavy atom. The van der Waals surface area contributed by atoms with Crippen molar-refractivity contribution in [3.8, 4) is 0 Å². The van der Waals surface area contributed by atoms with Crippen LogP contribution in [0, 0.1) is 5.92 Å². The molecule has 0 fully saturated rings. The lowest BCUT2D eigenvalue weighted by atomic mass is 10.1. The van der Waals surface area contributed by atoms with Crippen LogP contribution >= 0.6 is 25.3 Å². The standard InChI is InChI=1S/C21H28O3S2/c1-16(12-24-21(22)11-4-6-17(14-25)15-26)23-13-19-9-5-8-18-7-2-3-10-20(18)19/h2-3,5,7-10,16-17,25-26H,4,6,11-15H2,1H3. The van der Waals surface area contributed by atoms with Gasteiger partial charge in [-0.15, -0.1) is 0 Å². The van der Waals surface area contributed by atoms with Crippen LogP contribution in [-0.2, 0) is 20.9 Å². The van der Waals surface area contributed by atoms with Gasteiger partial charge in [-0.1, -0.05) is 42.5 Å². The van der Waals surface area contributed by atoms with E-state index in [4.69, 9.17) is 9.47 Å². The molecule has 0 amide bonds. The van der Waals surface area contributed by atoms with Gasteiger partial charge in [0.25, 0.3) is 0 Å². The summed E-state index contributed by atoms with van der Waals surface area (Å²) in [7, 11) is 0. The molecule has 2 aromatic rings. The zero-order valence-corrected chi connectivity index (χ0v) is 17.1. The van der Waals surface area contributed by atoms with E-state index in [0.29, 0.717) is 18.9 Å². The van der Waals surface area contributed by atoms with Crippen LogP contribution in [0.5, 0.6) is 0 Å². The molecule has 142 valence electrons. The summed E-state index contributed by atoms with van der Waals surface area (Å²) in [5, 5.41) is 2.40. The van der Waals surface area contributed by atoms with Crippen molar-refractivity contribution in [1.82, 2.24) is 0 Å². The zero-order valence-electron chi connectivity index (χ0n) is 15.3. The molecular formula is C21H28O3S2. The first-order chi connectivity index (χ1) is 12.6. The SMILES string of the molecule is CC(COC(=O)CCCC(CS)CS)OCc1cccc2ccccc12. The van der Waals surface area contributed by atoms with Gasteiger partial charge in [0.1, 0.15) is 6.61 Å². The van der Waals surface area contributed by atoms with Crippen molar-refractivity contribution >= 4 is 42.0 Å². The van der Waals surface area contributed by atoms with Crippen molar-refractivity contribution < 1.29 is 14.3 Å². The van der Waals surface area contributed by atoms with Crippen molar-refractivity contribution in [2.24, 2.45) is 5.92 Å². The lowest BCUT2D eigenvalue weighted by Crippen LogP contribution is -2.19. The molecule has 1 unspecified atom stereocenters. The first-order valence-corrected chi connectivity index (χ1v) is 10.4. The van der Waals surface area contributed by atoms with Crippen LogP contribution in [0.1, 0.15) is 31.7 Å². The Labute approximate surface area is 167 Å². The second-order valence-corrected chi connectivity index (χ2v) is 7.30. The molecule has 0 aromatic heterocycles. The predicted octanol–water partition coefficient (Wildman–Crippen LogP) is 4.93. The molecule has 0 heterocycles. The summed E-state index contributed by atoms with van der Waals surface area (Å²) >= 11 is 8.57. The van der Waals surface area contributed by atoms with Gasteiger partial charge in [-0.3, -0.25) is 4.79 Å². The number of hydrogen-bond acceptors (Lipinski definition) is 5. The van der Waals surface area contributed by atoms with E-state index in [0.717, 1.165) is 29.9 Å². The van der Waals surface area contributed by atoms with Crippen LogP contribution in [0.15, 0.2) is 42.5 Å². The third kappa shape index (κ3) is 6.86. The Bertz CT molecular complexity index is 681. The molecule has 0 aliphatic heterocycles. The number of hydrogen-bond donors (Lipinski definition) is 2. The van der Waals surface area contributed by atoms with E-state index in [2.05, 4.69) is 49.5 Å². The maximum atomic E-state index is 11.8. The van der Waals surface area contributed by atoms with Crippen molar-refractivity contribution in [3.05, 3.63) is 48.0 Å². The molecule has 0 N–H and O–H groups in total. The number of ether oxygens (including phenoxy) is 2. The van der Waals surface area contributed by atoms with E-state index >= 15 is 0 Å². The van der Waals surface area contributed by atoms with Gasteiger partial charge in [-0.25, -0.2) is 0 Å². The number of carbonyl (C=O) groups excluding carboxylic acids is 1. The highest BCUT2D eigenvalue weighted by Crippen LogP contribution is 2.19. The number of carbonyl (C=O) groups is 1. The maximum absolute atomic E-state index is 11.8. The highest BCUT2D eigenvalue weighted by Gasteiger charge is 2.11. The molecule has 0 radical (unpaired) electrons. The fourth-order valence-corrected chi connectivity index (χ4v) is 3.58. The van der Waals surface area contributed by atoms with E-state index in [1.807, 2.05) is 25.1 Å². The Hall–Kier alpha value is -1.17. The smallest absolute Gasteiger partial charge is 0.305 e. The molecular weight excluding hydrogens is 364 g/mol. The first kappa shape index (κ1) is 21.1. The van der Waals surface area contributed by atoms with Crippen LogP contribution in [0.3, 0.4) is 0 Å². The number of esters is 1. The molecule has 0 bridgehead atoms. The highest BCUT2D eigenvalue weighted by atomic mass is 32.1. The van der Waals surface area contributed by atoms with Gasteiger partial charge in [0.15, 0.2) is 0 Å². The van der Waals surface area contributed by atoms with Crippen molar-refractivity contribution in [1.29, 1.82) is 0 Å². The molecule has 2 rings (SSSR count). The number of benzene rings is 2. The van der Waals surface area contributed by atoms with E-state index in [1.54, 1.807) is 0 Å². The number of fused-ring (bicyclic) bond motifs is 1. The predicted molar refractivity (Wildman–Crippen MR) is 114 cm³/mol. The Balaban J connectivity index is 1.70. The summed E-state index contributed by atoms with van der Waals surface area (Å²) in [6, 6.07) is 14.5. The van der Waals surface area contributed by atoms with Crippen LogP contribution in [0.4, 0.5) is 0 Å². The Kier molecular flexibility index (Phi) is 9.37. The zero-order chi connectivity index (χ0) is 18.8. The van der Waals surface area contributed by atoms with Gasteiger partial charge in [-0.2, -0.15) is 25.3 Å². The second-order valence-electron chi connectivity index (χ2n) is 6.57. The van der Waals surface area contributed by atoms with Gasteiger partial charge < -0.3 is 9.47 Å². The van der Waals surface area contributed by atoms with Gasteiger partial charge >= 0.3 is 5.97 Å². The third-order valence-corrected chi connectivity index (χ3v) is 5.42. The van der Waals surface area contributed by atoms with Crippen molar-refractivity contribution in [3.63, 3.8) is 0 Å². The maximum Gasteiger partial charge on any atom is 0.305 e. The summed E-state index contributed by atoms with van der Waals surface area (Å²) < 4.78 is 11.2. The lowest BCUT2D eigenvalue weighted by molar-refractivity contribution is -0.148. The van der Waals surface area contributed by atoms with Crippen LogP contribution in [0.25, 0.3) is 10.8 Å². The van der Waals surface area contributed by atoms with Gasteiger partial charge in [-0.05, 0) is 53.5 Å². The monoisotopic (exact) mass is 392 g/mol. The summed E-state index contributed by atoms with van der Waals surface area (Å²) in [5.74, 6) is 1.90. The molecule has 5 heteroatoms. The fraction of sp³-hybridized carbons (Fsp3) is 0.476. The molecule has 0 aliphatic carbocycles. The Morgan fingerprint density at radius 1 is 1.08 bits per heavy atom. The van der Waals surface area contributed by atoms with Gasteiger partial charge in [0, 0.05) is 6.42 Å². The molecule has 0 saturated heterocycles. The normalized spacial score (nSPS) is 12.5. The third-order valence-electron chi connectivity index (χ3n) is 4.39. The van der Waals surface area contributed by atoms with E-state index in [-0.39, 0.29) is 18.7 Å².